The van der Waals surface area contributed by atoms with Crippen molar-refractivity contribution in [2.75, 3.05) is 18.9 Å². The van der Waals surface area contributed by atoms with Gasteiger partial charge in [-0.15, -0.1) is 11.3 Å². The quantitative estimate of drug-likeness (QED) is 0.807. The Hall–Kier alpha value is -1.70. The Balaban J connectivity index is 1.93. The molecule has 7 heteroatoms. The van der Waals surface area contributed by atoms with E-state index in [-0.39, 0.29) is 12.5 Å². The van der Waals surface area contributed by atoms with Gasteiger partial charge in [-0.3, -0.25) is 14.5 Å². The first-order valence-electron chi connectivity index (χ1n) is 6.56. The van der Waals surface area contributed by atoms with Crippen molar-refractivity contribution in [2.24, 2.45) is 5.73 Å². The first-order valence-corrected chi connectivity index (χ1v) is 8.23. The third-order valence-electron chi connectivity index (χ3n) is 3.00. The molecule has 1 aromatic heterocycles. The lowest BCUT2D eigenvalue weighted by Crippen LogP contribution is -2.30. The number of nitrogens with one attached hydrogen (secondary N) is 1. The van der Waals surface area contributed by atoms with Crippen LogP contribution in [0.1, 0.15) is 15.9 Å². The molecule has 0 aliphatic carbocycles. The SMILES string of the molecule is CN(CC(=O)Nc1sccc1C(N)=O)Cc1ccccc1Br. The summed E-state index contributed by atoms with van der Waals surface area (Å²) >= 11 is 4.77. The van der Waals surface area contributed by atoms with Gasteiger partial charge in [0.1, 0.15) is 5.00 Å². The van der Waals surface area contributed by atoms with Crippen LogP contribution in [0.15, 0.2) is 40.2 Å². The van der Waals surface area contributed by atoms with Crippen molar-refractivity contribution in [3.05, 3.63) is 51.3 Å². The van der Waals surface area contributed by atoms with E-state index in [1.54, 1.807) is 11.4 Å². The van der Waals surface area contributed by atoms with Crippen LogP contribution in [0.3, 0.4) is 0 Å². The van der Waals surface area contributed by atoms with Gasteiger partial charge >= 0.3 is 0 Å². The van der Waals surface area contributed by atoms with Crippen LogP contribution in [0.5, 0.6) is 0 Å². The highest BCUT2D eigenvalue weighted by molar-refractivity contribution is 9.10. The van der Waals surface area contributed by atoms with Crippen LogP contribution in [-0.4, -0.2) is 30.3 Å². The lowest BCUT2D eigenvalue weighted by Gasteiger charge is -2.17. The molecule has 3 N–H and O–H groups in total. The third kappa shape index (κ3) is 4.40. The van der Waals surface area contributed by atoms with E-state index in [1.807, 2.05) is 36.2 Å². The number of amides is 2. The summed E-state index contributed by atoms with van der Waals surface area (Å²) in [5.74, 6) is -0.724. The summed E-state index contributed by atoms with van der Waals surface area (Å²) in [5, 5.41) is 4.94. The van der Waals surface area contributed by atoms with Crippen LogP contribution in [0.2, 0.25) is 0 Å². The van der Waals surface area contributed by atoms with Gasteiger partial charge in [0, 0.05) is 11.0 Å². The molecule has 1 aromatic carbocycles. The molecule has 0 saturated heterocycles. The fourth-order valence-corrected chi connectivity index (χ4v) is 3.20. The lowest BCUT2D eigenvalue weighted by molar-refractivity contribution is -0.117. The molecule has 0 saturated carbocycles. The molecule has 0 atom stereocenters. The van der Waals surface area contributed by atoms with Crippen molar-refractivity contribution < 1.29 is 9.59 Å². The van der Waals surface area contributed by atoms with E-state index < -0.39 is 5.91 Å². The van der Waals surface area contributed by atoms with Crippen LogP contribution in [0, 0.1) is 0 Å². The molecule has 5 nitrogen and oxygen atoms in total. The van der Waals surface area contributed by atoms with Crippen LogP contribution >= 0.6 is 27.3 Å². The number of rotatable bonds is 6. The van der Waals surface area contributed by atoms with Crippen molar-refractivity contribution in [1.82, 2.24) is 4.90 Å². The maximum absolute atomic E-state index is 12.1. The summed E-state index contributed by atoms with van der Waals surface area (Å²) in [4.78, 5) is 25.2. The molecular formula is C15H16BrN3O2S. The second-order valence-corrected chi connectivity index (χ2v) is 6.61. The molecule has 22 heavy (non-hydrogen) atoms. The highest BCUT2D eigenvalue weighted by Crippen LogP contribution is 2.22. The normalized spacial score (nSPS) is 10.7. The molecule has 2 amide bonds. The van der Waals surface area contributed by atoms with Crippen molar-refractivity contribution in [3.63, 3.8) is 0 Å². The topological polar surface area (TPSA) is 75.4 Å². The maximum Gasteiger partial charge on any atom is 0.251 e. The largest absolute Gasteiger partial charge is 0.366 e. The second-order valence-electron chi connectivity index (χ2n) is 4.84. The standard InChI is InChI=1S/C15H16BrN3O2S/c1-19(8-10-4-2-3-5-12(10)16)9-13(20)18-15-11(14(17)21)6-7-22-15/h2-7H,8-9H2,1H3,(H2,17,21)(H,18,20). The van der Waals surface area contributed by atoms with Gasteiger partial charge in [-0.05, 0) is 30.1 Å². The molecule has 1 heterocycles. The molecular weight excluding hydrogens is 366 g/mol. The fourth-order valence-electron chi connectivity index (χ4n) is 1.98. The van der Waals surface area contributed by atoms with Crippen molar-refractivity contribution in [1.29, 1.82) is 0 Å². The highest BCUT2D eigenvalue weighted by atomic mass is 79.9. The van der Waals surface area contributed by atoms with Gasteiger partial charge in [0.25, 0.3) is 5.91 Å². The van der Waals surface area contributed by atoms with Crippen molar-refractivity contribution in [3.8, 4) is 0 Å². The number of hydrogen-bond acceptors (Lipinski definition) is 4. The Bertz CT molecular complexity index is 687. The summed E-state index contributed by atoms with van der Waals surface area (Å²) in [7, 11) is 1.86. The molecule has 0 aliphatic rings. The van der Waals surface area contributed by atoms with Crippen LogP contribution in [-0.2, 0) is 11.3 Å². The van der Waals surface area contributed by atoms with Gasteiger partial charge in [-0.25, -0.2) is 0 Å². The number of halogens is 1. The average molecular weight is 382 g/mol. The summed E-state index contributed by atoms with van der Waals surface area (Å²) in [5.41, 5.74) is 6.70. The number of carbonyl (C=O) groups is 2. The Morgan fingerprint density at radius 1 is 1.32 bits per heavy atom. The minimum atomic E-state index is -0.543. The second kappa shape index (κ2) is 7.53. The fraction of sp³-hybridized carbons (Fsp3) is 0.200. The average Bonchev–Trinajstić information content (AvgIpc) is 2.89. The Kier molecular flexibility index (Phi) is 5.70. The van der Waals surface area contributed by atoms with E-state index in [4.69, 9.17) is 5.73 Å². The first-order chi connectivity index (χ1) is 10.5. The number of benzene rings is 1. The molecule has 0 radical (unpaired) electrons. The van der Waals surface area contributed by atoms with Gasteiger partial charge in [0.05, 0.1) is 12.1 Å². The molecule has 0 spiro atoms. The number of carbonyl (C=O) groups excluding carboxylic acids is 2. The van der Waals surface area contributed by atoms with E-state index in [1.165, 1.54) is 11.3 Å². The van der Waals surface area contributed by atoms with E-state index in [2.05, 4.69) is 21.2 Å². The first kappa shape index (κ1) is 16.7. The Morgan fingerprint density at radius 3 is 2.73 bits per heavy atom. The Morgan fingerprint density at radius 2 is 2.05 bits per heavy atom. The molecule has 0 bridgehead atoms. The molecule has 2 rings (SSSR count). The zero-order chi connectivity index (χ0) is 16.1. The number of anilines is 1. The van der Waals surface area contributed by atoms with E-state index in [9.17, 15) is 9.59 Å². The van der Waals surface area contributed by atoms with Gasteiger partial charge in [0.15, 0.2) is 0 Å². The maximum atomic E-state index is 12.1. The van der Waals surface area contributed by atoms with E-state index in [0.717, 1.165) is 10.0 Å². The number of nitrogens with zero attached hydrogens (tertiary/aromatic N) is 1. The van der Waals surface area contributed by atoms with Crippen molar-refractivity contribution in [2.45, 2.75) is 6.54 Å². The van der Waals surface area contributed by atoms with Gasteiger partial charge in [-0.2, -0.15) is 0 Å². The van der Waals surface area contributed by atoms with Crippen LogP contribution in [0.4, 0.5) is 5.00 Å². The predicted octanol–water partition coefficient (Wildman–Crippen LogP) is 2.68. The van der Waals surface area contributed by atoms with Gasteiger partial charge in [-0.1, -0.05) is 34.1 Å². The summed E-state index contributed by atoms with van der Waals surface area (Å²) in [6.07, 6.45) is 0. The number of thiophene rings is 1. The summed E-state index contributed by atoms with van der Waals surface area (Å²) in [6.45, 7) is 0.861. The number of primary amides is 1. The van der Waals surface area contributed by atoms with Crippen molar-refractivity contribution >= 4 is 44.1 Å². The van der Waals surface area contributed by atoms with Gasteiger partial charge < -0.3 is 11.1 Å². The number of nitrogens with two attached hydrogens (primary N) is 1. The zero-order valence-electron chi connectivity index (χ0n) is 12.0. The zero-order valence-corrected chi connectivity index (χ0v) is 14.4. The molecule has 0 fully saturated rings. The minimum absolute atomic E-state index is 0.181. The third-order valence-corrected chi connectivity index (χ3v) is 4.60. The highest BCUT2D eigenvalue weighted by Gasteiger charge is 2.14. The Labute approximate surface area is 141 Å². The van der Waals surface area contributed by atoms with Crippen LogP contribution < -0.4 is 11.1 Å². The van der Waals surface area contributed by atoms with E-state index in [0.29, 0.717) is 17.1 Å². The van der Waals surface area contributed by atoms with Crippen LogP contribution in [0.25, 0.3) is 0 Å². The van der Waals surface area contributed by atoms with E-state index >= 15 is 0 Å². The summed E-state index contributed by atoms with van der Waals surface area (Å²) in [6, 6.07) is 9.48. The number of likely N-dealkylation sites (N-methyl/N-ethyl adjacent to an activating group) is 1. The molecule has 2 aromatic rings. The number of hydrogen-bond donors (Lipinski definition) is 2. The monoisotopic (exact) mass is 381 g/mol. The summed E-state index contributed by atoms with van der Waals surface area (Å²) < 4.78 is 1.01. The molecule has 0 aliphatic heterocycles. The lowest BCUT2D eigenvalue weighted by atomic mass is 10.2. The minimum Gasteiger partial charge on any atom is -0.366 e. The molecule has 116 valence electrons. The van der Waals surface area contributed by atoms with Gasteiger partial charge in [0.2, 0.25) is 5.91 Å². The molecule has 0 unspecified atom stereocenters. The smallest absolute Gasteiger partial charge is 0.251 e. The predicted molar refractivity (Wildman–Crippen MR) is 91.9 cm³/mol.